The van der Waals surface area contributed by atoms with E-state index in [1.54, 1.807) is 18.2 Å². The number of methoxy groups -OCH3 is 1. The third-order valence-corrected chi connectivity index (χ3v) is 4.43. The van der Waals surface area contributed by atoms with Crippen molar-refractivity contribution < 1.29 is 14.3 Å². The highest BCUT2D eigenvalue weighted by Gasteiger charge is 2.11. The van der Waals surface area contributed by atoms with Crippen LogP contribution in [-0.4, -0.2) is 30.8 Å². The van der Waals surface area contributed by atoms with Crippen LogP contribution < -0.4 is 15.4 Å². The van der Waals surface area contributed by atoms with Crippen LogP contribution in [-0.2, 0) is 11.2 Å². The molecule has 28 heavy (non-hydrogen) atoms. The minimum absolute atomic E-state index is 0.174. The number of carbonyl (C=O) groups excluding carboxylic acids is 1. The number of rotatable bonds is 8. The predicted molar refractivity (Wildman–Crippen MR) is 118 cm³/mol. The molecule has 7 heteroatoms. The molecule has 0 spiro atoms. The van der Waals surface area contributed by atoms with Gasteiger partial charge in [0, 0.05) is 12.2 Å². The van der Waals surface area contributed by atoms with Crippen LogP contribution in [0.5, 0.6) is 5.75 Å². The first-order chi connectivity index (χ1) is 13.4. The van der Waals surface area contributed by atoms with Gasteiger partial charge in [-0.2, -0.15) is 0 Å². The number of benzene rings is 2. The summed E-state index contributed by atoms with van der Waals surface area (Å²) in [5.74, 6) is 0.397. The number of esters is 1. The van der Waals surface area contributed by atoms with E-state index in [0.717, 1.165) is 25.1 Å². The van der Waals surface area contributed by atoms with Gasteiger partial charge in [0.15, 0.2) is 5.11 Å². The van der Waals surface area contributed by atoms with Gasteiger partial charge in [0.1, 0.15) is 5.75 Å². The van der Waals surface area contributed by atoms with E-state index in [4.69, 9.17) is 33.3 Å². The summed E-state index contributed by atoms with van der Waals surface area (Å²) in [5.41, 5.74) is 2.21. The Morgan fingerprint density at radius 2 is 1.89 bits per heavy atom. The Morgan fingerprint density at radius 3 is 2.54 bits per heavy atom. The van der Waals surface area contributed by atoms with Gasteiger partial charge < -0.3 is 20.1 Å². The second-order valence-electron chi connectivity index (χ2n) is 6.48. The second kappa shape index (κ2) is 10.9. The van der Waals surface area contributed by atoms with Gasteiger partial charge >= 0.3 is 5.97 Å². The number of halogens is 1. The Hall–Kier alpha value is -2.31. The number of thiocarbonyl (C=S) groups is 1. The maximum atomic E-state index is 11.7. The lowest BCUT2D eigenvalue weighted by atomic mass is 10.1. The Labute approximate surface area is 176 Å². The normalized spacial score (nSPS) is 10.5. The summed E-state index contributed by atoms with van der Waals surface area (Å²) >= 11 is 11.3. The minimum Gasteiger partial charge on any atom is -0.491 e. The van der Waals surface area contributed by atoms with E-state index in [1.165, 1.54) is 12.7 Å². The lowest BCUT2D eigenvalue weighted by molar-refractivity contribution is 0.0601. The quantitative estimate of drug-likeness (QED) is 0.362. The summed E-state index contributed by atoms with van der Waals surface area (Å²) in [5, 5.41) is 7.03. The van der Waals surface area contributed by atoms with Crippen LogP contribution in [0.2, 0.25) is 5.02 Å². The zero-order valence-corrected chi connectivity index (χ0v) is 17.8. The fraction of sp³-hybridized carbons (Fsp3) is 0.333. The van der Waals surface area contributed by atoms with Gasteiger partial charge in [0.25, 0.3) is 0 Å². The van der Waals surface area contributed by atoms with E-state index in [0.29, 0.717) is 21.4 Å². The largest absolute Gasteiger partial charge is 0.491 e. The van der Waals surface area contributed by atoms with Crippen molar-refractivity contribution in [3.63, 3.8) is 0 Å². The summed E-state index contributed by atoms with van der Waals surface area (Å²) in [6.07, 6.45) is 2.04. The molecule has 0 bridgehead atoms. The van der Waals surface area contributed by atoms with E-state index in [9.17, 15) is 4.79 Å². The van der Waals surface area contributed by atoms with Crippen LogP contribution in [0.15, 0.2) is 42.5 Å². The van der Waals surface area contributed by atoms with Crippen LogP contribution in [0.3, 0.4) is 0 Å². The fourth-order valence-electron chi connectivity index (χ4n) is 2.55. The highest BCUT2D eigenvalue weighted by Crippen LogP contribution is 2.21. The number of hydrogen-bond acceptors (Lipinski definition) is 4. The number of aryl methyl sites for hydroxylation is 1. The lowest BCUT2D eigenvalue weighted by Crippen LogP contribution is -2.29. The number of hydrogen-bond donors (Lipinski definition) is 2. The van der Waals surface area contributed by atoms with Crippen LogP contribution in [0.1, 0.15) is 36.2 Å². The van der Waals surface area contributed by atoms with Crippen LogP contribution >= 0.6 is 23.8 Å². The average molecular weight is 421 g/mol. The molecule has 2 aromatic carbocycles. The SMILES string of the molecule is COC(=O)c1cc(NC(=S)NCCCc2ccc(OC(C)C)cc2)ccc1Cl. The molecule has 0 unspecified atom stereocenters. The van der Waals surface area contributed by atoms with Gasteiger partial charge in [-0.15, -0.1) is 0 Å². The molecule has 0 aliphatic carbocycles. The first-order valence-electron chi connectivity index (χ1n) is 9.07. The molecule has 2 rings (SSSR count). The van der Waals surface area contributed by atoms with Gasteiger partial charge in [-0.05, 0) is 74.8 Å². The van der Waals surface area contributed by atoms with Gasteiger partial charge in [0.2, 0.25) is 0 Å². The van der Waals surface area contributed by atoms with Crippen molar-refractivity contribution in [2.24, 2.45) is 0 Å². The average Bonchev–Trinajstić information content (AvgIpc) is 2.67. The Morgan fingerprint density at radius 1 is 1.18 bits per heavy atom. The maximum Gasteiger partial charge on any atom is 0.339 e. The van der Waals surface area contributed by atoms with E-state index in [2.05, 4.69) is 22.8 Å². The third kappa shape index (κ3) is 7.02. The Balaban J connectivity index is 1.76. The topological polar surface area (TPSA) is 59.6 Å². The highest BCUT2D eigenvalue weighted by atomic mass is 35.5. The summed E-state index contributed by atoms with van der Waals surface area (Å²) < 4.78 is 10.4. The van der Waals surface area contributed by atoms with E-state index in [-0.39, 0.29) is 6.10 Å². The standard InChI is InChI=1S/C21H25ClN2O3S/c1-14(2)27-17-9-6-15(7-10-17)5-4-12-23-21(28)24-16-8-11-19(22)18(13-16)20(25)26-3/h6-11,13-14H,4-5,12H2,1-3H3,(H2,23,24,28). The van der Waals surface area contributed by atoms with Crippen molar-refractivity contribution in [2.75, 3.05) is 19.0 Å². The van der Waals surface area contributed by atoms with Gasteiger partial charge in [-0.25, -0.2) is 4.79 Å². The molecule has 0 aliphatic heterocycles. The van der Waals surface area contributed by atoms with Gasteiger partial charge in [-0.3, -0.25) is 0 Å². The maximum absolute atomic E-state index is 11.7. The molecule has 0 saturated heterocycles. The molecule has 0 heterocycles. The third-order valence-electron chi connectivity index (χ3n) is 3.85. The molecule has 0 atom stereocenters. The first kappa shape index (κ1) is 22.0. The molecule has 0 aliphatic rings. The van der Waals surface area contributed by atoms with Crippen LogP contribution in [0.4, 0.5) is 5.69 Å². The van der Waals surface area contributed by atoms with Crippen molar-refractivity contribution in [3.8, 4) is 5.75 Å². The van der Waals surface area contributed by atoms with E-state index < -0.39 is 5.97 Å². The van der Waals surface area contributed by atoms with Crippen molar-refractivity contribution in [1.82, 2.24) is 5.32 Å². The lowest BCUT2D eigenvalue weighted by Gasteiger charge is -2.12. The number of nitrogens with one attached hydrogen (secondary N) is 2. The van der Waals surface area contributed by atoms with Crippen molar-refractivity contribution in [1.29, 1.82) is 0 Å². The minimum atomic E-state index is -0.489. The van der Waals surface area contributed by atoms with Crippen LogP contribution in [0, 0.1) is 0 Å². The number of carbonyl (C=O) groups is 1. The number of anilines is 1. The van der Waals surface area contributed by atoms with Crippen LogP contribution in [0.25, 0.3) is 0 Å². The Kier molecular flexibility index (Phi) is 8.54. The zero-order valence-electron chi connectivity index (χ0n) is 16.3. The van der Waals surface area contributed by atoms with Crippen molar-refractivity contribution in [3.05, 3.63) is 58.6 Å². The zero-order chi connectivity index (χ0) is 20.5. The predicted octanol–water partition coefficient (Wildman–Crippen LogP) is 4.83. The van der Waals surface area contributed by atoms with E-state index >= 15 is 0 Å². The molecule has 0 radical (unpaired) electrons. The molecule has 2 N–H and O–H groups in total. The summed E-state index contributed by atoms with van der Waals surface area (Å²) in [6.45, 7) is 4.75. The highest BCUT2D eigenvalue weighted by molar-refractivity contribution is 7.80. The Bertz CT molecular complexity index is 810. The molecule has 0 aromatic heterocycles. The summed E-state index contributed by atoms with van der Waals surface area (Å²) in [4.78, 5) is 11.7. The monoisotopic (exact) mass is 420 g/mol. The van der Waals surface area contributed by atoms with Crippen molar-refractivity contribution >= 4 is 40.6 Å². The van der Waals surface area contributed by atoms with Gasteiger partial charge in [0.05, 0.1) is 23.8 Å². The molecule has 0 saturated carbocycles. The molecule has 2 aromatic rings. The van der Waals surface area contributed by atoms with E-state index in [1.807, 2.05) is 26.0 Å². The second-order valence-corrected chi connectivity index (χ2v) is 7.30. The molecule has 5 nitrogen and oxygen atoms in total. The molecule has 150 valence electrons. The fourth-order valence-corrected chi connectivity index (χ4v) is 2.96. The van der Waals surface area contributed by atoms with Gasteiger partial charge in [-0.1, -0.05) is 23.7 Å². The number of ether oxygens (including phenoxy) is 2. The molecular formula is C21H25ClN2O3S. The smallest absolute Gasteiger partial charge is 0.339 e. The molecule has 0 amide bonds. The summed E-state index contributed by atoms with van der Waals surface area (Å²) in [7, 11) is 1.32. The first-order valence-corrected chi connectivity index (χ1v) is 9.86. The molecule has 0 fully saturated rings. The summed E-state index contributed by atoms with van der Waals surface area (Å²) in [6, 6.07) is 13.1. The van der Waals surface area contributed by atoms with Crippen molar-refractivity contribution in [2.45, 2.75) is 32.8 Å². The molecular weight excluding hydrogens is 396 g/mol.